The van der Waals surface area contributed by atoms with Gasteiger partial charge in [-0.3, -0.25) is 0 Å². The van der Waals surface area contributed by atoms with Crippen LogP contribution in [-0.4, -0.2) is 13.1 Å². The molecule has 0 unspecified atom stereocenters. The predicted octanol–water partition coefficient (Wildman–Crippen LogP) is 0.968. The maximum atomic E-state index is 10.9. The Labute approximate surface area is 66.5 Å². The van der Waals surface area contributed by atoms with Crippen LogP contribution in [0.25, 0.3) is 0 Å². The van der Waals surface area contributed by atoms with Crippen molar-refractivity contribution >= 4 is 5.97 Å². The summed E-state index contributed by atoms with van der Waals surface area (Å²) in [5, 5.41) is 0. The molecule has 0 bridgehead atoms. The Morgan fingerprint density at radius 1 is 1.36 bits per heavy atom. The summed E-state index contributed by atoms with van der Waals surface area (Å²) >= 11 is 0. The molecular weight excluding hydrogens is 142 g/mol. The minimum absolute atomic E-state index is 0.400. The molecule has 0 aliphatic heterocycles. The summed E-state index contributed by atoms with van der Waals surface area (Å²) < 4.78 is 4.50. The van der Waals surface area contributed by atoms with Crippen molar-refractivity contribution in [2.24, 2.45) is 5.73 Å². The summed E-state index contributed by atoms with van der Waals surface area (Å²) in [6.07, 6.45) is 3.29. The standard InChI is InChI=1S/C8H13NO2/c1-4-6(7(9)5-2)8(10)11-3/h4-5H,9H2,1-3H3/b6-4+,7-5+. The van der Waals surface area contributed by atoms with Crippen molar-refractivity contribution in [2.45, 2.75) is 13.8 Å². The van der Waals surface area contributed by atoms with Gasteiger partial charge in [-0.15, -0.1) is 0 Å². The first-order chi connectivity index (χ1) is 5.17. The van der Waals surface area contributed by atoms with Crippen LogP contribution in [-0.2, 0) is 9.53 Å². The maximum Gasteiger partial charge on any atom is 0.339 e. The first-order valence-electron chi connectivity index (χ1n) is 3.34. The van der Waals surface area contributed by atoms with Gasteiger partial charge < -0.3 is 10.5 Å². The minimum Gasteiger partial charge on any atom is -0.465 e. The van der Waals surface area contributed by atoms with Gasteiger partial charge in [0, 0.05) is 5.70 Å². The quantitative estimate of drug-likeness (QED) is 0.367. The van der Waals surface area contributed by atoms with Crippen LogP contribution in [0.15, 0.2) is 23.4 Å². The van der Waals surface area contributed by atoms with E-state index in [1.165, 1.54) is 7.11 Å². The normalized spacial score (nSPS) is 13.0. The number of allylic oxidation sites excluding steroid dienone is 2. The topological polar surface area (TPSA) is 52.3 Å². The van der Waals surface area contributed by atoms with Crippen molar-refractivity contribution in [3.8, 4) is 0 Å². The number of ether oxygens (including phenoxy) is 1. The Kier molecular flexibility index (Phi) is 4.03. The van der Waals surface area contributed by atoms with Crippen LogP contribution in [0.4, 0.5) is 0 Å². The summed E-state index contributed by atoms with van der Waals surface area (Å²) in [5.74, 6) is -0.400. The summed E-state index contributed by atoms with van der Waals surface area (Å²) in [6.45, 7) is 3.50. The fourth-order valence-electron chi connectivity index (χ4n) is 0.668. The Bertz CT molecular complexity index is 204. The summed E-state index contributed by atoms with van der Waals surface area (Å²) in [4.78, 5) is 10.9. The molecule has 3 nitrogen and oxygen atoms in total. The molecular formula is C8H13NO2. The van der Waals surface area contributed by atoms with E-state index < -0.39 is 5.97 Å². The van der Waals surface area contributed by atoms with Crippen LogP contribution in [0.5, 0.6) is 0 Å². The lowest BCUT2D eigenvalue weighted by Crippen LogP contribution is -2.12. The first kappa shape index (κ1) is 9.75. The lowest BCUT2D eigenvalue weighted by molar-refractivity contribution is -0.135. The molecule has 0 aromatic carbocycles. The fourth-order valence-corrected chi connectivity index (χ4v) is 0.668. The van der Waals surface area contributed by atoms with Gasteiger partial charge in [-0.25, -0.2) is 4.79 Å². The van der Waals surface area contributed by atoms with Crippen molar-refractivity contribution in [3.05, 3.63) is 23.4 Å². The third-order valence-electron chi connectivity index (χ3n) is 1.32. The number of carbonyl (C=O) groups is 1. The third kappa shape index (κ3) is 2.45. The monoisotopic (exact) mass is 155 g/mol. The lowest BCUT2D eigenvalue weighted by Gasteiger charge is -2.03. The average molecular weight is 155 g/mol. The van der Waals surface area contributed by atoms with Crippen LogP contribution in [0.1, 0.15) is 13.8 Å². The van der Waals surface area contributed by atoms with Gasteiger partial charge in [0.2, 0.25) is 0 Å². The molecule has 2 N–H and O–H groups in total. The van der Waals surface area contributed by atoms with Gasteiger partial charge in [-0.05, 0) is 13.8 Å². The fraction of sp³-hybridized carbons (Fsp3) is 0.375. The van der Waals surface area contributed by atoms with Crippen LogP contribution in [0.3, 0.4) is 0 Å². The van der Waals surface area contributed by atoms with Crippen LogP contribution < -0.4 is 5.73 Å². The van der Waals surface area contributed by atoms with Crippen molar-refractivity contribution in [1.29, 1.82) is 0 Å². The Balaban J connectivity index is 4.57. The lowest BCUT2D eigenvalue weighted by atomic mass is 10.2. The Hall–Kier alpha value is -1.25. The van der Waals surface area contributed by atoms with E-state index in [-0.39, 0.29) is 0 Å². The molecule has 0 aliphatic carbocycles. The highest BCUT2D eigenvalue weighted by molar-refractivity contribution is 5.92. The van der Waals surface area contributed by atoms with Gasteiger partial charge in [0.1, 0.15) is 0 Å². The van der Waals surface area contributed by atoms with Gasteiger partial charge in [0.05, 0.1) is 12.7 Å². The summed E-state index contributed by atoms with van der Waals surface area (Å²) in [7, 11) is 1.33. The molecule has 0 aliphatic rings. The van der Waals surface area contributed by atoms with E-state index in [1.54, 1.807) is 26.0 Å². The van der Waals surface area contributed by atoms with Crippen LogP contribution in [0, 0.1) is 0 Å². The molecule has 0 aromatic rings. The first-order valence-corrected chi connectivity index (χ1v) is 3.34. The van der Waals surface area contributed by atoms with Gasteiger partial charge in [-0.1, -0.05) is 12.2 Å². The second kappa shape index (κ2) is 4.55. The Morgan fingerprint density at radius 2 is 1.91 bits per heavy atom. The maximum absolute atomic E-state index is 10.9. The molecule has 0 saturated heterocycles. The third-order valence-corrected chi connectivity index (χ3v) is 1.32. The number of methoxy groups -OCH3 is 1. The zero-order valence-corrected chi connectivity index (χ0v) is 7.05. The second-order valence-corrected chi connectivity index (χ2v) is 1.94. The second-order valence-electron chi connectivity index (χ2n) is 1.94. The summed E-state index contributed by atoms with van der Waals surface area (Å²) in [5.41, 5.74) is 6.35. The van der Waals surface area contributed by atoms with E-state index in [1.807, 2.05) is 0 Å². The van der Waals surface area contributed by atoms with E-state index in [0.717, 1.165) is 0 Å². The SMILES string of the molecule is C/C=C(N)\C(=C/C)C(=O)OC. The van der Waals surface area contributed by atoms with Crippen molar-refractivity contribution in [2.75, 3.05) is 7.11 Å². The van der Waals surface area contributed by atoms with E-state index in [4.69, 9.17) is 5.73 Å². The predicted molar refractivity (Wildman–Crippen MR) is 43.7 cm³/mol. The molecule has 3 heteroatoms. The Morgan fingerprint density at radius 3 is 2.18 bits per heavy atom. The number of esters is 1. The molecule has 0 heterocycles. The van der Waals surface area contributed by atoms with Crippen molar-refractivity contribution in [3.63, 3.8) is 0 Å². The highest BCUT2D eigenvalue weighted by Gasteiger charge is 2.09. The van der Waals surface area contributed by atoms with Crippen molar-refractivity contribution in [1.82, 2.24) is 0 Å². The zero-order chi connectivity index (χ0) is 8.85. The number of hydrogen-bond acceptors (Lipinski definition) is 3. The van der Waals surface area contributed by atoms with Crippen LogP contribution >= 0.6 is 0 Å². The molecule has 0 radical (unpaired) electrons. The molecule has 0 atom stereocenters. The zero-order valence-electron chi connectivity index (χ0n) is 7.05. The highest BCUT2D eigenvalue weighted by Crippen LogP contribution is 2.04. The molecule has 0 amide bonds. The largest absolute Gasteiger partial charge is 0.465 e. The van der Waals surface area contributed by atoms with E-state index in [2.05, 4.69) is 4.74 Å². The van der Waals surface area contributed by atoms with Crippen molar-refractivity contribution < 1.29 is 9.53 Å². The van der Waals surface area contributed by atoms with E-state index >= 15 is 0 Å². The number of nitrogens with two attached hydrogens (primary N) is 1. The van der Waals surface area contributed by atoms with E-state index in [9.17, 15) is 4.79 Å². The smallest absolute Gasteiger partial charge is 0.339 e. The summed E-state index contributed by atoms with van der Waals surface area (Å²) in [6, 6.07) is 0. The minimum atomic E-state index is -0.400. The van der Waals surface area contributed by atoms with Crippen LogP contribution in [0.2, 0.25) is 0 Å². The number of rotatable bonds is 2. The van der Waals surface area contributed by atoms with Gasteiger partial charge in [0.15, 0.2) is 0 Å². The molecule has 0 rings (SSSR count). The van der Waals surface area contributed by atoms with Gasteiger partial charge >= 0.3 is 5.97 Å². The number of carbonyl (C=O) groups excluding carboxylic acids is 1. The van der Waals surface area contributed by atoms with Gasteiger partial charge in [-0.2, -0.15) is 0 Å². The molecule has 0 saturated carbocycles. The highest BCUT2D eigenvalue weighted by atomic mass is 16.5. The van der Waals surface area contributed by atoms with E-state index in [0.29, 0.717) is 11.3 Å². The molecule has 0 aromatic heterocycles. The molecule has 0 spiro atoms. The molecule has 0 fully saturated rings. The number of hydrogen-bond donors (Lipinski definition) is 1. The average Bonchev–Trinajstić information content (AvgIpc) is 2.05. The molecule has 62 valence electrons. The van der Waals surface area contributed by atoms with Gasteiger partial charge in [0.25, 0.3) is 0 Å². The molecule has 11 heavy (non-hydrogen) atoms.